The monoisotopic (exact) mass is 476 g/mol. The Bertz CT molecular complexity index is 818. The van der Waals surface area contributed by atoms with E-state index in [2.05, 4.69) is 44.0 Å². The number of nitrogens with zero attached hydrogens (tertiary/aromatic N) is 5. The number of rotatable bonds is 3. The molecule has 142 valence electrons. The normalized spacial score (nSPS) is 26.2. The van der Waals surface area contributed by atoms with Crippen LogP contribution in [-0.2, 0) is 6.42 Å². The van der Waals surface area contributed by atoms with Gasteiger partial charge in [-0.05, 0) is 41.4 Å². The van der Waals surface area contributed by atoms with Gasteiger partial charge in [-0.25, -0.2) is 9.97 Å². The highest BCUT2D eigenvalue weighted by Crippen LogP contribution is 2.61. The molecule has 5 rings (SSSR count). The Morgan fingerprint density at radius 3 is 2.59 bits per heavy atom. The summed E-state index contributed by atoms with van der Waals surface area (Å²) in [6.45, 7) is 4.35. The first-order chi connectivity index (χ1) is 12.8. The zero-order valence-corrected chi connectivity index (χ0v) is 17.6. The Balaban J connectivity index is 0.00000180. The Kier molecular flexibility index (Phi) is 5.21. The maximum Gasteiger partial charge on any atom is 0.225 e. The molecule has 3 atom stereocenters. The van der Waals surface area contributed by atoms with E-state index in [1.165, 1.54) is 12.0 Å². The van der Waals surface area contributed by atoms with E-state index in [0.29, 0.717) is 11.9 Å². The van der Waals surface area contributed by atoms with E-state index in [4.69, 9.17) is 10.7 Å². The fraction of sp³-hybridized carbons (Fsp3) is 0.450. The largest absolute Gasteiger partial charge is 0.370 e. The fourth-order valence-corrected chi connectivity index (χ4v) is 4.62. The number of aliphatic imine (C=N–C) groups is 1. The van der Waals surface area contributed by atoms with Gasteiger partial charge >= 0.3 is 0 Å². The van der Waals surface area contributed by atoms with Crippen LogP contribution in [-0.4, -0.2) is 53.6 Å². The molecule has 27 heavy (non-hydrogen) atoms. The minimum atomic E-state index is 0. The summed E-state index contributed by atoms with van der Waals surface area (Å²) < 4.78 is 0. The highest BCUT2D eigenvalue weighted by Gasteiger charge is 2.54. The van der Waals surface area contributed by atoms with Crippen LogP contribution in [0.15, 0.2) is 47.7 Å². The summed E-state index contributed by atoms with van der Waals surface area (Å²) in [7, 11) is 0. The summed E-state index contributed by atoms with van der Waals surface area (Å²) in [5, 5.41) is 0. The molecule has 2 fully saturated rings. The van der Waals surface area contributed by atoms with Gasteiger partial charge in [-0.15, -0.1) is 24.0 Å². The Morgan fingerprint density at radius 2 is 1.81 bits per heavy atom. The van der Waals surface area contributed by atoms with Crippen LogP contribution >= 0.6 is 24.0 Å². The van der Waals surface area contributed by atoms with Crippen molar-refractivity contribution in [3.8, 4) is 0 Å². The predicted octanol–water partition coefficient (Wildman–Crippen LogP) is 2.12. The van der Waals surface area contributed by atoms with Crippen LogP contribution in [0, 0.1) is 11.8 Å². The Hall–Kier alpha value is -1.90. The molecule has 2 N–H and O–H groups in total. The van der Waals surface area contributed by atoms with E-state index >= 15 is 0 Å². The van der Waals surface area contributed by atoms with Crippen molar-refractivity contribution in [1.82, 2.24) is 14.9 Å². The van der Waals surface area contributed by atoms with Gasteiger partial charge in [0.1, 0.15) is 0 Å². The van der Waals surface area contributed by atoms with Crippen molar-refractivity contribution in [3.63, 3.8) is 0 Å². The van der Waals surface area contributed by atoms with Crippen molar-refractivity contribution in [3.05, 3.63) is 53.9 Å². The molecule has 0 amide bonds. The van der Waals surface area contributed by atoms with Crippen LogP contribution in [0.2, 0.25) is 0 Å². The summed E-state index contributed by atoms with van der Waals surface area (Å²) in [5.41, 5.74) is 9.37. The van der Waals surface area contributed by atoms with Crippen LogP contribution in [0.3, 0.4) is 0 Å². The first kappa shape index (κ1) is 18.5. The number of guanidine groups is 1. The summed E-state index contributed by atoms with van der Waals surface area (Å²) in [4.78, 5) is 17.8. The predicted molar refractivity (Wildman–Crippen MR) is 118 cm³/mol. The first-order valence-electron chi connectivity index (χ1n) is 9.46. The second kappa shape index (κ2) is 7.61. The van der Waals surface area contributed by atoms with Crippen molar-refractivity contribution in [2.75, 3.05) is 37.6 Å². The second-order valence-corrected chi connectivity index (χ2v) is 7.48. The van der Waals surface area contributed by atoms with Gasteiger partial charge in [0.05, 0.1) is 0 Å². The van der Waals surface area contributed by atoms with Gasteiger partial charge in [0, 0.05) is 45.1 Å². The summed E-state index contributed by atoms with van der Waals surface area (Å²) >= 11 is 0. The third kappa shape index (κ3) is 3.49. The van der Waals surface area contributed by atoms with E-state index < -0.39 is 0 Å². The molecule has 1 aromatic carbocycles. The smallest absolute Gasteiger partial charge is 0.225 e. The lowest BCUT2D eigenvalue weighted by molar-refractivity contribution is 0.377. The average Bonchev–Trinajstić information content (AvgIpc) is 3.24. The third-order valence-electron chi connectivity index (χ3n) is 6.10. The fourth-order valence-electron chi connectivity index (χ4n) is 4.62. The van der Waals surface area contributed by atoms with Gasteiger partial charge in [-0.2, -0.15) is 0 Å². The lowest BCUT2D eigenvalue weighted by atomic mass is 10.0. The van der Waals surface area contributed by atoms with Crippen molar-refractivity contribution >= 4 is 35.9 Å². The summed E-state index contributed by atoms with van der Waals surface area (Å²) in [6.07, 6.45) is 4.79. The van der Waals surface area contributed by atoms with Gasteiger partial charge in [-0.1, -0.05) is 24.3 Å². The lowest BCUT2D eigenvalue weighted by Gasteiger charge is -2.35. The number of fused-ring (bicyclic) bond motifs is 3. The molecule has 6 nitrogen and oxygen atoms in total. The number of benzene rings is 1. The first-order valence-corrected chi connectivity index (χ1v) is 9.46. The number of nitrogens with two attached hydrogens (primary N) is 1. The van der Waals surface area contributed by atoms with E-state index in [9.17, 15) is 0 Å². The topological polar surface area (TPSA) is 70.6 Å². The van der Waals surface area contributed by atoms with Crippen molar-refractivity contribution in [2.24, 2.45) is 22.6 Å². The molecule has 2 aliphatic carbocycles. The maximum atomic E-state index is 6.28. The molecule has 0 bridgehead atoms. The van der Waals surface area contributed by atoms with Crippen molar-refractivity contribution in [1.29, 1.82) is 0 Å². The SMILES string of the molecule is I.NC(=NCC1C2Cc3ccccc3C12)N1CCN(c2ncccn2)CC1. The number of aromatic nitrogens is 2. The Morgan fingerprint density at radius 1 is 1.07 bits per heavy atom. The van der Waals surface area contributed by atoms with Crippen LogP contribution < -0.4 is 10.6 Å². The molecule has 1 aromatic heterocycles. The average molecular weight is 476 g/mol. The van der Waals surface area contributed by atoms with E-state index in [1.807, 2.05) is 6.07 Å². The van der Waals surface area contributed by atoms with Gasteiger partial charge in [-0.3, -0.25) is 4.99 Å². The zero-order valence-electron chi connectivity index (χ0n) is 15.2. The van der Waals surface area contributed by atoms with Gasteiger partial charge < -0.3 is 15.5 Å². The van der Waals surface area contributed by atoms with Gasteiger partial charge in [0.25, 0.3) is 0 Å². The molecular formula is C20H25IN6. The van der Waals surface area contributed by atoms with E-state index in [0.717, 1.165) is 50.5 Å². The molecule has 0 spiro atoms. The van der Waals surface area contributed by atoms with Crippen LogP contribution in [0.1, 0.15) is 17.0 Å². The van der Waals surface area contributed by atoms with Crippen molar-refractivity contribution < 1.29 is 0 Å². The number of halogens is 1. The highest BCUT2D eigenvalue weighted by atomic mass is 127. The quantitative estimate of drug-likeness (QED) is 0.418. The molecule has 0 radical (unpaired) electrons. The minimum absolute atomic E-state index is 0. The maximum absolute atomic E-state index is 6.28. The molecule has 3 unspecified atom stereocenters. The molecule has 1 saturated carbocycles. The van der Waals surface area contributed by atoms with E-state index in [-0.39, 0.29) is 24.0 Å². The van der Waals surface area contributed by atoms with Crippen LogP contribution in [0.25, 0.3) is 0 Å². The second-order valence-electron chi connectivity index (χ2n) is 7.48. The number of hydrogen-bond donors (Lipinski definition) is 1. The van der Waals surface area contributed by atoms with E-state index in [1.54, 1.807) is 18.0 Å². The zero-order chi connectivity index (χ0) is 17.5. The summed E-state index contributed by atoms with van der Waals surface area (Å²) in [5.74, 6) is 3.68. The molecule has 2 heterocycles. The molecule has 3 aliphatic rings. The lowest BCUT2D eigenvalue weighted by Crippen LogP contribution is -2.51. The Labute approximate surface area is 176 Å². The standard InChI is InChI=1S/C20H24N6.HI/c21-19(25-8-10-26(11-9-25)20-22-6-3-7-23-20)24-13-17-16-12-14-4-1-2-5-15(14)18(16)17;/h1-7,16-18H,8-13H2,(H2,21,24);1H. The number of anilines is 1. The van der Waals surface area contributed by atoms with Crippen molar-refractivity contribution in [2.45, 2.75) is 12.3 Å². The number of piperazine rings is 1. The molecule has 1 aliphatic heterocycles. The van der Waals surface area contributed by atoms with Gasteiger partial charge in [0.15, 0.2) is 5.96 Å². The molecule has 2 aromatic rings. The van der Waals surface area contributed by atoms with Crippen LogP contribution in [0.5, 0.6) is 0 Å². The molecule has 1 saturated heterocycles. The highest BCUT2D eigenvalue weighted by molar-refractivity contribution is 14.0. The molecule has 7 heteroatoms. The van der Waals surface area contributed by atoms with Gasteiger partial charge in [0.2, 0.25) is 5.95 Å². The van der Waals surface area contributed by atoms with Crippen LogP contribution in [0.4, 0.5) is 5.95 Å². The molecular weight excluding hydrogens is 451 g/mol. The summed E-state index contributed by atoms with van der Waals surface area (Å²) in [6, 6.07) is 10.7. The number of hydrogen-bond acceptors (Lipinski definition) is 4. The minimum Gasteiger partial charge on any atom is -0.370 e. The third-order valence-corrected chi connectivity index (χ3v) is 6.10.